The van der Waals surface area contributed by atoms with Crippen molar-refractivity contribution >= 4 is 16.9 Å². The SMILES string of the molecule is CCC(C)C(CO)NC(=O)COc1ccc2c(-c3ccccc3)cc(=O)oc2c1. The first kappa shape index (κ1) is 20.6. The molecule has 3 rings (SSSR count). The van der Waals surface area contributed by atoms with Gasteiger partial charge in [0, 0.05) is 17.5 Å². The summed E-state index contributed by atoms with van der Waals surface area (Å²) < 4.78 is 10.9. The van der Waals surface area contributed by atoms with E-state index in [0.29, 0.717) is 11.3 Å². The molecule has 1 aromatic heterocycles. The van der Waals surface area contributed by atoms with Crippen LogP contribution in [0, 0.1) is 5.92 Å². The minimum absolute atomic E-state index is 0.121. The summed E-state index contributed by atoms with van der Waals surface area (Å²) in [5.74, 6) is 0.268. The van der Waals surface area contributed by atoms with Crippen molar-refractivity contribution in [2.24, 2.45) is 5.92 Å². The van der Waals surface area contributed by atoms with Gasteiger partial charge in [-0.05, 0) is 29.2 Å². The number of amides is 1. The van der Waals surface area contributed by atoms with E-state index in [1.807, 2.05) is 50.2 Å². The number of hydrogen-bond donors (Lipinski definition) is 2. The summed E-state index contributed by atoms with van der Waals surface area (Å²) >= 11 is 0. The van der Waals surface area contributed by atoms with Crippen LogP contribution in [-0.2, 0) is 4.79 Å². The maximum Gasteiger partial charge on any atom is 0.336 e. The van der Waals surface area contributed by atoms with E-state index in [9.17, 15) is 14.7 Å². The molecule has 6 nitrogen and oxygen atoms in total. The van der Waals surface area contributed by atoms with Gasteiger partial charge < -0.3 is 19.6 Å². The average Bonchev–Trinajstić information content (AvgIpc) is 2.75. The first-order valence-electron chi connectivity index (χ1n) is 9.68. The van der Waals surface area contributed by atoms with Gasteiger partial charge in [-0.25, -0.2) is 4.79 Å². The number of benzene rings is 2. The first-order valence-corrected chi connectivity index (χ1v) is 9.68. The van der Waals surface area contributed by atoms with Crippen molar-refractivity contribution in [1.29, 1.82) is 0 Å². The fourth-order valence-electron chi connectivity index (χ4n) is 3.14. The largest absolute Gasteiger partial charge is 0.484 e. The molecular weight excluding hydrogens is 370 g/mol. The van der Waals surface area contributed by atoms with E-state index in [0.717, 1.165) is 22.9 Å². The van der Waals surface area contributed by atoms with E-state index in [1.54, 1.807) is 12.1 Å². The Bertz CT molecular complexity index is 1030. The molecule has 1 amide bonds. The van der Waals surface area contributed by atoms with Crippen molar-refractivity contribution in [3.63, 3.8) is 0 Å². The normalized spacial score (nSPS) is 13.1. The summed E-state index contributed by atoms with van der Waals surface area (Å²) in [6, 6.07) is 15.9. The highest BCUT2D eigenvalue weighted by molar-refractivity contribution is 5.93. The van der Waals surface area contributed by atoms with Gasteiger partial charge in [0.05, 0.1) is 12.6 Å². The molecule has 0 aliphatic carbocycles. The summed E-state index contributed by atoms with van der Waals surface area (Å²) in [6.07, 6.45) is 0.847. The molecule has 0 saturated carbocycles. The highest BCUT2D eigenvalue weighted by atomic mass is 16.5. The fourth-order valence-corrected chi connectivity index (χ4v) is 3.14. The zero-order valence-electron chi connectivity index (χ0n) is 16.6. The lowest BCUT2D eigenvalue weighted by Crippen LogP contribution is -2.43. The lowest BCUT2D eigenvalue weighted by Gasteiger charge is -2.22. The molecule has 0 spiro atoms. The van der Waals surface area contributed by atoms with E-state index in [-0.39, 0.29) is 31.1 Å². The van der Waals surface area contributed by atoms with Crippen molar-refractivity contribution in [2.75, 3.05) is 13.2 Å². The second-order valence-corrected chi connectivity index (χ2v) is 7.03. The Morgan fingerprint density at radius 1 is 1.17 bits per heavy atom. The number of carbonyl (C=O) groups is 1. The van der Waals surface area contributed by atoms with Crippen LogP contribution in [0.3, 0.4) is 0 Å². The zero-order chi connectivity index (χ0) is 20.8. The van der Waals surface area contributed by atoms with Gasteiger partial charge in [-0.3, -0.25) is 4.79 Å². The number of hydrogen-bond acceptors (Lipinski definition) is 5. The van der Waals surface area contributed by atoms with Crippen molar-refractivity contribution in [3.8, 4) is 16.9 Å². The number of aliphatic hydroxyl groups is 1. The summed E-state index contributed by atoms with van der Waals surface area (Å²) in [7, 11) is 0. The van der Waals surface area contributed by atoms with Gasteiger partial charge in [0.25, 0.3) is 5.91 Å². The molecule has 2 unspecified atom stereocenters. The monoisotopic (exact) mass is 395 g/mol. The molecule has 2 N–H and O–H groups in total. The molecular formula is C23H25NO5. The van der Waals surface area contributed by atoms with Gasteiger partial charge in [0.2, 0.25) is 0 Å². The van der Waals surface area contributed by atoms with Crippen molar-refractivity contribution in [1.82, 2.24) is 5.32 Å². The average molecular weight is 395 g/mol. The maximum absolute atomic E-state index is 12.1. The number of ether oxygens (including phenoxy) is 1. The summed E-state index contributed by atoms with van der Waals surface area (Å²) in [6.45, 7) is 3.66. The lowest BCUT2D eigenvalue weighted by atomic mass is 10.00. The minimum atomic E-state index is -0.453. The van der Waals surface area contributed by atoms with Crippen LogP contribution in [0.5, 0.6) is 5.75 Å². The molecule has 0 fully saturated rings. The van der Waals surface area contributed by atoms with Crippen LogP contribution in [0.4, 0.5) is 0 Å². The predicted molar refractivity (Wildman–Crippen MR) is 112 cm³/mol. The van der Waals surface area contributed by atoms with E-state index >= 15 is 0 Å². The quantitative estimate of drug-likeness (QED) is 0.571. The Morgan fingerprint density at radius 2 is 1.93 bits per heavy atom. The number of carbonyl (C=O) groups excluding carboxylic acids is 1. The van der Waals surface area contributed by atoms with Crippen LogP contribution >= 0.6 is 0 Å². The predicted octanol–water partition coefficient (Wildman–Crippen LogP) is 3.36. The van der Waals surface area contributed by atoms with Crippen LogP contribution < -0.4 is 15.7 Å². The van der Waals surface area contributed by atoms with Gasteiger partial charge in [-0.1, -0.05) is 50.6 Å². The van der Waals surface area contributed by atoms with Gasteiger partial charge in [0.1, 0.15) is 11.3 Å². The van der Waals surface area contributed by atoms with Crippen molar-refractivity contribution in [3.05, 3.63) is 65.0 Å². The van der Waals surface area contributed by atoms with E-state index in [1.165, 1.54) is 6.07 Å². The van der Waals surface area contributed by atoms with Crippen molar-refractivity contribution < 1.29 is 19.1 Å². The van der Waals surface area contributed by atoms with Crippen LogP contribution in [0.2, 0.25) is 0 Å². The zero-order valence-corrected chi connectivity index (χ0v) is 16.6. The number of rotatable bonds is 8. The Balaban J connectivity index is 1.77. The second-order valence-electron chi connectivity index (χ2n) is 7.03. The molecule has 3 aromatic rings. The molecule has 2 aromatic carbocycles. The Labute approximate surface area is 169 Å². The smallest absolute Gasteiger partial charge is 0.336 e. The first-order chi connectivity index (χ1) is 14.0. The molecule has 0 saturated heterocycles. The van der Waals surface area contributed by atoms with Crippen LogP contribution in [0.25, 0.3) is 22.1 Å². The highest BCUT2D eigenvalue weighted by Gasteiger charge is 2.17. The van der Waals surface area contributed by atoms with Crippen LogP contribution in [0.1, 0.15) is 20.3 Å². The molecule has 2 atom stereocenters. The Hall–Kier alpha value is -3.12. The van der Waals surface area contributed by atoms with Crippen LogP contribution in [0.15, 0.2) is 63.8 Å². The Kier molecular flexibility index (Phi) is 6.67. The van der Waals surface area contributed by atoms with Gasteiger partial charge in [-0.2, -0.15) is 0 Å². The standard InChI is InChI=1S/C23H25NO5/c1-3-15(2)20(13-25)24-22(26)14-28-17-9-10-18-19(16-7-5-4-6-8-16)12-23(27)29-21(18)11-17/h4-12,15,20,25H,3,13-14H2,1-2H3,(H,24,26). The van der Waals surface area contributed by atoms with E-state index in [2.05, 4.69) is 5.32 Å². The Morgan fingerprint density at radius 3 is 2.62 bits per heavy atom. The topological polar surface area (TPSA) is 88.8 Å². The third-order valence-corrected chi connectivity index (χ3v) is 5.04. The second kappa shape index (κ2) is 9.39. The van der Waals surface area contributed by atoms with Gasteiger partial charge in [-0.15, -0.1) is 0 Å². The molecule has 152 valence electrons. The third-order valence-electron chi connectivity index (χ3n) is 5.04. The van der Waals surface area contributed by atoms with Gasteiger partial charge >= 0.3 is 5.63 Å². The molecule has 1 heterocycles. The lowest BCUT2D eigenvalue weighted by molar-refractivity contribution is -0.124. The van der Waals surface area contributed by atoms with E-state index in [4.69, 9.17) is 9.15 Å². The summed E-state index contributed by atoms with van der Waals surface area (Å²) in [4.78, 5) is 24.1. The third kappa shape index (κ3) is 5.03. The van der Waals surface area contributed by atoms with E-state index < -0.39 is 5.63 Å². The number of fused-ring (bicyclic) bond motifs is 1. The molecule has 6 heteroatoms. The number of nitrogens with one attached hydrogen (secondary N) is 1. The summed E-state index contributed by atoms with van der Waals surface area (Å²) in [5, 5.41) is 13.0. The molecule has 0 aliphatic rings. The molecule has 0 aliphatic heterocycles. The molecule has 0 radical (unpaired) electrons. The summed E-state index contributed by atoms with van der Waals surface area (Å²) in [5.41, 5.74) is 1.63. The number of aliphatic hydroxyl groups excluding tert-OH is 1. The van der Waals surface area contributed by atoms with Crippen molar-refractivity contribution in [2.45, 2.75) is 26.3 Å². The molecule has 29 heavy (non-hydrogen) atoms. The highest BCUT2D eigenvalue weighted by Crippen LogP contribution is 2.29. The molecule has 0 bridgehead atoms. The minimum Gasteiger partial charge on any atom is -0.484 e. The fraction of sp³-hybridized carbons (Fsp3) is 0.304. The van der Waals surface area contributed by atoms with Crippen LogP contribution in [-0.4, -0.2) is 30.3 Å². The maximum atomic E-state index is 12.1. The van der Waals surface area contributed by atoms with Gasteiger partial charge in [0.15, 0.2) is 6.61 Å².